The maximum absolute atomic E-state index is 13.1. The summed E-state index contributed by atoms with van der Waals surface area (Å²) < 4.78 is 13.1. The summed E-state index contributed by atoms with van der Waals surface area (Å²) in [7, 11) is 0. The highest BCUT2D eigenvalue weighted by molar-refractivity contribution is 5.94. The molecule has 3 nitrogen and oxygen atoms in total. The molecule has 2 aliphatic carbocycles. The molecule has 1 atom stereocenters. The molecule has 3 fully saturated rings. The predicted octanol–water partition coefficient (Wildman–Crippen LogP) is 6.54. The average molecular weight is 463 g/mol. The summed E-state index contributed by atoms with van der Waals surface area (Å²) in [5.41, 5.74) is 2.90. The molecule has 3 aliphatic rings. The maximum atomic E-state index is 13.1. The molecular formula is C30H39FN2O. The van der Waals surface area contributed by atoms with Gasteiger partial charge in [-0.15, -0.1) is 0 Å². The largest absolute Gasteiger partial charge is 0.346 e. The number of carbonyl (C=O) groups excluding carboxylic acids is 1. The highest BCUT2D eigenvalue weighted by atomic mass is 19.1. The van der Waals surface area contributed by atoms with Crippen molar-refractivity contribution < 1.29 is 9.18 Å². The van der Waals surface area contributed by atoms with Crippen LogP contribution in [0.1, 0.15) is 85.8 Å². The van der Waals surface area contributed by atoms with Crippen molar-refractivity contribution in [1.29, 1.82) is 0 Å². The molecule has 1 N–H and O–H groups in total. The fourth-order valence-electron chi connectivity index (χ4n) is 6.93. The number of carbonyl (C=O) groups is 1. The SMILES string of the molecule is C[C@H](NC(=O)c1ccc(CC2CCN(C3C4CCCC3CCC4)CC2)cc1)c1ccc(F)cc1. The molecule has 1 saturated heterocycles. The van der Waals surface area contributed by atoms with Crippen LogP contribution in [0.5, 0.6) is 0 Å². The third kappa shape index (κ3) is 5.38. The van der Waals surface area contributed by atoms with Gasteiger partial charge in [0.1, 0.15) is 5.82 Å². The van der Waals surface area contributed by atoms with E-state index in [1.165, 1.54) is 82.2 Å². The lowest BCUT2D eigenvalue weighted by Crippen LogP contribution is -2.52. The molecule has 4 heteroatoms. The average Bonchev–Trinajstić information content (AvgIpc) is 2.85. The molecular weight excluding hydrogens is 423 g/mol. The Bertz CT molecular complexity index is 927. The van der Waals surface area contributed by atoms with Crippen molar-refractivity contribution in [2.75, 3.05) is 13.1 Å². The molecule has 182 valence electrons. The number of amides is 1. The summed E-state index contributed by atoms with van der Waals surface area (Å²) in [6.45, 7) is 4.46. The zero-order valence-corrected chi connectivity index (χ0v) is 20.5. The first-order valence-electron chi connectivity index (χ1n) is 13.5. The molecule has 2 aromatic carbocycles. The van der Waals surface area contributed by atoms with Gasteiger partial charge in [-0.25, -0.2) is 4.39 Å². The van der Waals surface area contributed by atoms with Crippen LogP contribution in [0.3, 0.4) is 0 Å². The van der Waals surface area contributed by atoms with E-state index in [4.69, 9.17) is 0 Å². The van der Waals surface area contributed by atoms with E-state index in [1.807, 2.05) is 19.1 Å². The van der Waals surface area contributed by atoms with Crippen molar-refractivity contribution in [2.24, 2.45) is 17.8 Å². The van der Waals surface area contributed by atoms with Gasteiger partial charge >= 0.3 is 0 Å². The maximum Gasteiger partial charge on any atom is 0.251 e. The van der Waals surface area contributed by atoms with Crippen LogP contribution in [0.4, 0.5) is 4.39 Å². The van der Waals surface area contributed by atoms with Gasteiger partial charge in [-0.05, 0) is 118 Å². The second-order valence-corrected chi connectivity index (χ2v) is 11.0. The van der Waals surface area contributed by atoms with Crippen LogP contribution in [-0.2, 0) is 6.42 Å². The van der Waals surface area contributed by atoms with E-state index >= 15 is 0 Å². The number of benzene rings is 2. The first kappa shape index (κ1) is 23.5. The van der Waals surface area contributed by atoms with Gasteiger partial charge in [0, 0.05) is 11.6 Å². The van der Waals surface area contributed by atoms with Crippen LogP contribution in [0.25, 0.3) is 0 Å². The molecule has 0 aromatic heterocycles. The number of fused-ring (bicyclic) bond motifs is 2. The minimum Gasteiger partial charge on any atom is -0.346 e. The molecule has 2 bridgehead atoms. The number of rotatable bonds is 6. The van der Waals surface area contributed by atoms with Crippen molar-refractivity contribution in [1.82, 2.24) is 10.2 Å². The lowest BCUT2D eigenvalue weighted by atomic mass is 9.67. The van der Waals surface area contributed by atoms with Gasteiger partial charge < -0.3 is 5.32 Å². The molecule has 1 aliphatic heterocycles. The quantitative estimate of drug-likeness (QED) is 0.529. The molecule has 5 rings (SSSR count). The van der Waals surface area contributed by atoms with Gasteiger partial charge in [-0.2, -0.15) is 0 Å². The molecule has 34 heavy (non-hydrogen) atoms. The fourth-order valence-corrected chi connectivity index (χ4v) is 6.93. The third-order valence-electron chi connectivity index (χ3n) is 8.79. The monoisotopic (exact) mass is 462 g/mol. The second-order valence-electron chi connectivity index (χ2n) is 11.0. The zero-order chi connectivity index (χ0) is 23.5. The van der Waals surface area contributed by atoms with Gasteiger partial charge in [0.05, 0.1) is 6.04 Å². The van der Waals surface area contributed by atoms with E-state index in [0.717, 1.165) is 35.8 Å². The van der Waals surface area contributed by atoms with Crippen molar-refractivity contribution in [3.63, 3.8) is 0 Å². The first-order chi connectivity index (χ1) is 16.6. The number of halogens is 1. The van der Waals surface area contributed by atoms with Gasteiger partial charge in [-0.1, -0.05) is 37.1 Å². The van der Waals surface area contributed by atoms with E-state index in [0.29, 0.717) is 5.56 Å². The van der Waals surface area contributed by atoms with E-state index in [1.54, 1.807) is 12.1 Å². The Hall–Kier alpha value is -2.20. The van der Waals surface area contributed by atoms with Gasteiger partial charge in [0.25, 0.3) is 5.91 Å². The smallest absolute Gasteiger partial charge is 0.251 e. The minimum absolute atomic E-state index is 0.0882. The highest BCUT2D eigenvalue weighted by Crippen LogP contribution is 2.43. The van der Waals surface area contributed by atoms with Crippen LogP contribution >= 0.6 is 0 Å². The molecule has 2 saturated carbocycles. The van der Waals surface area contributed by atoms with Crippen molar-refractivity contribution in [3.8, 4) is 0 Å². The van der Waals surface area contributed by atoms with E-state index in [2.05, 4.69) is 22.3 Å². The molecule has 2 aromatic rings. The Morgan fingerprint density at radius 2 is 1.50 bits per heavy atom. The highest BCUT2D eigenvalue weighted by Gasteiger charge is 2.40. The Morgan fingerprint density at radius 3 is 2.09 bits per heavy atom. The summed E-state index contributed by atoms with van der Waals surface area (Å²) in [6, 6.07) is 15.1. The standard InChI is InChI=1S/C30H39FN2O/c1-21(24-12-14-28(31)15-13-24)32-30(34)27-10-8-22(9-11-27)20-23-16-18-33(19-17-23)29-25-4-2-5-26(29)7-3-6-25/h8-15,21,23,25-26,29H,2-7,16-20H2,1H3,(H,32,34)/t21-,25?,26?,29?/m0/s1. The van der Waals surface area contributed by atoms with Crippen LogP contribution in [0.15, 0.2) is 48.5 Å². The minimum atomic E-state index is -0.264. The summed E-state index contributed by atoms with van der Waals surface area (Å²) in [6.07, 6.45) is 12.5. The predicted molar refractivity (Wildman–Crippen MR) is 135 cm³/mol. The third-order valence-corrected chi connectivity index (χ3v) is 8.79. The number of nitrogens with one attached hydrogen (secondary N) is 1. The molecule has 0 unspecified atom stereocenters. The molecule has 0 radical (unpaired) electrons. The summed E-state index contributed by atoms with van der Waals surface area (Å²) in [4.78, 5) is 15.5. The number of nitrogens with zero attached hydrogens (tertiary/aromatic N) is 1. The summed E-state index contributed by atoms with van der Waals surface area (Å²) in [5.74, 6) is 2.33. The zero-order valence-electron chi connectivity index (χ0n) is 20.5. The summed E-state index contributed by atoms with van der Waals surface area (Å²) >= 11 is 0. The van der Waals surface area contributed by atoms with Crippen LogP contribution < -0.4 is 5.32 Å². The Morgan fingerprint density at radius 1 is 0.912 bits per heavy atom. The first-order valence-corrected chi connectivity index (χ1v) is 13.5. The van der Waals surface area contributed by atoms with Crippen molar-refractivity contribution >= 4 is 5.91 Å². The van der Waals surface area contributed by atoms with Crippen molar-refractivity contribution in [3.05, 3.63) is 71.0 Å². The number of hydrogen-bond donors (Lipinski definition) is 1. The van der Waals surface area contributed by atoms with Crippen LogP contribution in [-0.4, -0.2) is 29.9 Å². The van der Waals surface area contributed by atoms with E-state index < -0.39 is 0 Å². The Balaban J connectivity index is 1.11. The van der Waals surface area contributed by atoms with E-state index in [9.17, 15) is 9.18 Å². The van der Waals surface area contributed by atoms with Crippen LogP contribution in [0, 0.1) is 23.6 Å². The van der Waals surface area contributed by atoms with Gasteiger partial charge in [0.15, 0.2) is 0 Å². The fraction of sp³-hybridized carbons (Fsp3) is 0.567. The Kier molecular flexibility index (Phi) is 7.34. The Labute approximate surface area is 204 Å². The lowest BCUT2D eigenvalue weighted by molar-refractivity contribution is 0.00205. The van der Waals surface area contributed by atoms with Crippen molar-refractivity contribution in [2.45, 2.75) is 76.8 Å². The molecule has 1 amide bonds. The number of piperidine rings is 1. The topological polar surface area (TPSA) is 32.3 Å². The molecule has 0 spiro atoms. The lowest BCUT2D eigenvalue weighted by Gasteiger charge is -2.50. The number of likely N-dealkylation sites (tertiary alicyclic amines) is 1. The second kappa shape index (κ2) is 10.6. The van der Waals surface area contributed by atoms with Gasteiger partial charge in [0.2, 0.25) is 0 Å². The number of hydrogen-bond acceptors (Lipinski definition) is 2. The summed E-state index contributed by atoms with van der Waals surface area (Å²) in [5, 5.41) is 3.02. The molecule has 1 heterocycles. The van der Waals surface area contributed by atoms with Gasteiger partial charge in [-0.3, -0.25) is 9.69 Å². The normalized spacial score (nSPS) is 26.7. The van der Waals surface area contributed by atoms with Crippen LogP contribution in [0.2, 0.25) is 0 Å². The van der Waals surface area contributed by atoms with E-state index in [-0.39, 0.29) is 17.8 Å².